The van der Waals surface area contributed by atoms with Crippen molar-refractivity contribution in [3.8, 4) is 0 Å². The van der Waals surface area contributed by atoms with Crippen molar-refractivity contribution in [3.05, 3.63) is 0 Å². The smallest absolute Gasteiger partial charge is 0.0932 e. The lowest BCUT2D eigenvalue weighted by Gasteiger charge is -2.40. The van der Waals surface area contributed by atoms with Crippen molar-refractivity contribution in [2.24, 2.45) is 5.41 Å². The number of ether oxygens (including phenoxy) is 1. The first-order chi connectivity index (χ1) is 8.78. The highest BCUT2D eigenvalue weighted by Gasteiger charge is 2.33. The molecule has 0 aromatic heterocycles. The number of hydrogen-bond acceptors (Lipinski definition) is 4. The van der Waals surface area contributed by atoms with E-state index in [1.165, 1.54) is 25.7 Å². The molecule has 1 saturated heterocycles. The molecule has 0 radical (unpaired) electrons. The topological polar surface area (TPSA) is 52.9 Å². The van der Waals surface area contributed by atoms with E-state index in [-0.39, 0.29) is 18.1 Å². The van der Waals surface area contributed by atoms with Gasteiger partial charge in [-0.15, -0.1) is 0 Å². The van der Waals surface area contributed by atoms with Gasteiger partial charge in [0.2, 0.25) is 0 Å². The molecule has 0 bridgehead atoms. The van der Waals surface area contributed by atoms with E-state index in [4.69, 9.17) is 4.74 Å². The zero-order valence-electron chi connectivity index (χ0n) is 11.3. The Bertz CT molecular complexity index is 239. The van der Waals surface area contributed by atoms with E-state index in [9.17, 15) is 10.2 Å². The van der Waals surface area contributed by atoms with Gasteiger partial charge in [-0.25, -0.2) is 0 Å². The van der Waals surface area contributed by atoms with E-state index >= 15 is 0 Å². The number of morpholine rings is 1. The Morgan fingerprint density at radius 3 is 2.44 bits per heavy atom. The first-order valence-electron chi connectivity index (χ1n) is 7.34. The van der Waals surface area contributed by atoms with Crippen LogP contribution in [0.25, 0.3) is 0 Å². The van der Waals surface area contributed by atoms with E-state index in [0.717, 1.165) is 32.5 Å². The molecule has 2 fully saturated rings. The minimum atomic E-state index is -0.0414. The third-order valence-corrected chi connectivity index (χ3v) is 4.49. The number of hydrogen-bond donors (Lipinski definition) is 2. The van der Waals surface area contributed by atoms with Crippen molar-refractivity contribution in [2.45, 2.75) is 44.6 Å². The highest BCUT2D eigenvalue weighted by molar-refractivity contribution is 4.86. The van der Waals surface area contributed by atoms with Gasteiger partial charge in [-0.05, 0) is 12.8 Å². The van der Waals surface area contributed by atoms with E-state index < -0.39 is 0 Å². The van der Waals surface area contributed by atoms with Crippen LogP contribution in [0.1, 0.15) is 38.5 Å². The van der Waals surface area contributed by atoms with Gasteiger partial charge in [-0.1, -0.05) is 25.7 Å². The molecule has 2 rings (SSSR count). The van der Waals surface area contributed by atoms with Crippen LogP contribution in [0.2, 0.25) is 0 Å². The minimum Gasteiger partial charge on any atom is -0.396 e. The van der Waals surface area contributed by atoms with E-state index in [0.29, 0.717) is 13.2 Å². The summed E-state index contributed by atoms with van der Waals surface area (Å²) >= 11 is 0. The third-order valence-electron chi connectivity index (χ3n) is 4.49. The van der Waals surface area contributed by atoms with Crippen molar-refractivity contribution < 1.29 is 14.9 Å². The molecule has 106 valence electrons. The molecule has 0 amide bonds. The van der Waals surface area contributed by atoms with E-state index in [1.54, 1.807) is 0 Å². The van der Waals surface area contributed by atoms with Crippen molar-refractivity contribution in [2.75, 3.05) is 39.5 Å². The molecule has 4 heteroatoms. The van der Waals surface area contributed by atoms with Gasteiger partial charge in [0.15, 0.2) is 0 Å². The maximum Gasteiger partial charge on any atom is 0.0932 e. The number of rotatable bonds is 4. The van der Waals surface area contributed by atoms with Gasteiger partial charge < -0.3 is 14.9 Å². The average molecular weight is 257 g/mol. The third kappa shape index (κ3) is 3.67. The van der Waals surface area contributed by atoms with Gasteiger partial charge in [-0.3, -0.25) is 4.90 Å². The van der Waals surface area contributed by atoms with Crippen LogP contribution in [0, 0.1) is 5.41 Å². The van der Waals surface area contributed by atoms with Gasteiger partial charge in [0.05, 0.1) is 19.3 Å². The summed E-state index contributed by atoms with van der Waals surface area (Å²) in [7, 11) is 0. The minimum absolute atomic E-state index is 0.0414. The van der Waals surface area contributed by atoms with E-state index in [1.807, 2.05) is 0 Å². The number of aliphatic hydroxyl groups is 2. The summed E-state index contributed by atoms with van der Waals surface area (Å²) in [6, 6.07) is 0. The summed E-state index contributed by atoms with van der Waals surface area (Å²) in [4.78, 5) is 2.37. The molecule has 0 aromatic carbocycles. The van der Waals surface area contributed by atoms with E-state index in [2.05, 4.69) is 4.90 Å². The lowest BCUT2D eigenvalue weighted by molar-refractivity contribution is -0.0687. The second-order valence-corrected chi connectivity index (χ2v) is 5.98. The summed E-state index contributed by atoms with van der Waals surface area (Å²) in [6.07, 6.45) is 7.35. The summed E-state index contributed by atoms with van der Waals surface area (Å²) < 4.78 is 5.48. The lowest BCUT2D eigenvalue weighted by atomic mass is 9.80. The molecular formula is C14H27NO3. The number of nitrogens with zero attached hydrogens (tertiary/aromatic N) is 1. The van der Waals surface area contributed by atoms with Gasteiger partial charge in [0.1, 0.15) is 0 Å². The van der Waals surface area contributed by atoms with Crippen LogP contribution in [0.3, 0.4) is 0 Å². The normalized spacial score (nSPS) is 30.0. The quantitative estimate of drug-likeness (QED) is 0.738. The first kappa shape index (κ1) is 14.3. The molecule has 18 heavy (non-hydrogen) atoms. The highest BCUT2D eigenvalue weighted by atomic mass is 16.5. The van der Waals surface area contributed by atoms with Crippen LogP contribution in [-0.2, 0) is 4.74 Å². The van der Waals surface area contributed by atoms with Gasteiger partial charge >= 0.3 is 0 Å². The van der Waals surface area contributed by atoms with Crippen molar-refractivity contribution in [1.82, 2.24) is 4.90 Å². The fourth-order valence-corrected chi connectivity index (χ4v) is 3.35. The summed E-state index contributed by atoms with van der Waals surface area (Å²) in [6.45, 7) is 3.80. The molecule has 2 N–H and O–H groups in total. The molecule has 1 aliphatic heterocycles. The van der Waals surface area contributed by atoms with Crippen LogP contribution in [0.4, 0.5) is 0 Å². The van der Waals surface area contributed by atoms with Crippen molar-refractivity contribution >= 4 is 0 Å². The predicted molar refractivity (Wildman–Crippen MR) is 70.5 cm³/mol. The van der Waals surface area contributed by atoms with Gasteiger partial charge in [0, 0.05) is 31.7 Å². The summed E-state index contributed by atoms with van der Waals surface area (Å²) in [5.74, 6) is 0. The van der Waals surface area contributed by atoms with Gasteiger partial charge in [-0.2, -0.15) is 0 Å². The van der Waals surface area contributed by atoms with Crippen molar-refractivity contribution in [1.29, 1.82) is 0 Å². The lowest BCUT2D eigenvalue weighted by Crippen LogP contribution is -2.49. The Morgan fingerprint density at radius 1 is 1.11 bits per heavy atom. The fraction of sp³-hybridized carbons (Fsp3) is 1.00. The van der Waals surface area contributed by atoms with Crippen LogP contribution >= 0.6 is 0 Å². The Labute approximate surface area is 110 Å². The molecule has 1 saturated carbocycles. The van der Waals surface area contributed by atoms with Crippen LogP contribution in [-0.4, -0.2) is 60.7 Å². The molecule has 2 aliphatic rings. The molecule has 1 aliphatic carbocycles. The standard InChI is InChI=1S/C14H27NO3/c16-10-13-9-15(7-8-18-13)11-14(12-17)5-3-1-2-4-6-14/h13,16-17H,1-12H2. The second kappa shape index (κ2) is 6.85. The zero-order valence-corrected chi connectivity index (χ0v) is 11.3. The molecule has 1 atom stereocenters. The Kier molecular flexibility index (Phi) is 5.42. The molecule has 0 aromatic rings. The maximum atomic E-state index is 9.81. The highest BCUT2D eigenvalue weighted by Crippen LogP contribution is 2.35. The number of aliphatic hydroxyl groups excluding tert-OH is 2. The molecule has 1 heterocycles. The average Bonchev–Trinajstić information content (AvgIpc) is 2.65. The van der Waals surface area contributed by atoms with Crippen LogP contribution in [0.15, 0.2) is 0 Å². The largest absolute Gasteiger partial charge is 0.396 e. The van der Waals surface area contributed by atoms with Crippen LogP contribution in [0.5, 0.6) is 0 Å². The SMILES string of the molecule is OCC1CN(CC2(CO)CCCCCC2)CCO1. The summed E-state index contributed by atoms with van der Waals surface area (Å²) in [5, 5.41) is 19.0. The predicted octanol–water partition coefficient (Wildman–Crippen LogP) is 1.01. The summed E-state index contributed by atoms with van der Waals surface area (Å²) in [5.41, 5.74) is 0.0911. The second-order valence-electron chi connectivity index (χ2n) is 5.98. The maximum absolute atomic E-state index is 9.81. The first-order valence-corrected chi connectivity index (χ1v) is 7.34. The van der Waals surface area contributed by atoms with Crippen molar-refractivity contribution in [3.63, 3.8) is 0 Å². The molecule has 1 unspecified atom stereocenters. The molecule has 0 spiro atoms. The zero-order chi connectivity index (χ0) is 12.8. The fourth-order valence-electron chi connectivity index (χ4n) is 3.35. The molecule has 4 nitrogen and oxygen atoms in total. The van der Waals surface area contributed by atoms with Crippen LogP contribution < -0.4 is 0 Å². The Morgan fingerprint density at radius 2 is 1.83 bits per heavy atom. The Hall–Kier alpha value is -0.160. The molecular weight excluding hydrogens is 230 g/mol. The Balaban J connectivity index is 1.91. The van der Waals surface area contributed by atoms with Gasteiger partial charge in [0.25, 0.3) is 0 Å². The monoisotopic (exact) mass is 257 g/mol.